The predicted octanol–water partition coefficient (Wildman–Crippen LogP) is 3.89. The second-order valence-corrected chi connectivity index (χ2v) is 10.5. The lowest BCUT2D eigenvalue weighted by atomic mass is 10.1. The van der Waals surface area contributed by atoms with Gasteiger partial charge in [-0.2, -0.15) is 4.31 Å². The van der Waals surface area contributed by atoms with Crippen LogP contribution >= 0.6 is 0 Å². The van der Waals surface area contributed by atoms with Crippen LogP contribution in [0.1, 0.15) is 43.7 Å². The van der Waals surface area contributed by atoms with Crippen molar-refractivity contribution in [3.8, 4) is 5.75 Å². The average molecular weight is 474 g/mol. The fraction of sp³-hybridized carbons (Fsp3) is 0.480. The Morgan fingerprint density at radius 3 is 2.27 bits per heavy atom. The standard InChI is InChI=1S/C25H35N3O4S/c1-4-20-9-11-21(12-10-20)18-27(2)19-25(29)26-23-17-22(13-14-24(23)32-3)33(30,31)28-15-7-5-6-8-16-28/h9-14,17H,4-8,15-16,18-19H2,1-3H3,(H,26,29). The highest BCUT2D eigenvalue weighted by Gasteiger charge is 2.26. The minimum atomic E-state index is -3.62. The number of rotatable bonds is 9. The van der Waals surface area contributed by atoms with Gasteiger partial charge in [0.1, 0.15) is 5.75 Å². The molecule has 8 heteroatoms. The lowest BCUT2D eigenvalue weighted by Crippen LogP contribution is -2.32. The number of likely N-dealkylation sites (N-methyl/N-ethyl adjacent to an activating group) is 1. The number of carbonyl (C=O) groups excluding carboxylic acids is 1. The molecular formula is C25H35N3O4S. The third kappa shape index (κ3) is 6.79. The number of nitrogens with zero attached hydrogens (tertiary/aromatic N) is 2. The summed E-state index contributed by atoms with van der Waals surface area (Å²) in [4.78, 5) is 14.8. The molecule has 1 amide bonds. The molecule has 0 unspecified atom stereocenters. The van der Waals surface area contributed by atoms with Gasteiger partial charge in [-0.3, -0.25) is 9.69 Å². The Morgan fingerprint density at radius 2 is 1.67 bits per heavy atom. The molecule has 1 aliphatic rings. The van der Waals surface area contributed by atoms with E-state index in [0.29, 0.717) is 31.1 Å². The summed E-state index contributed by atoms with van der Waals surface area (Å²) in [6, 6.07) is 13.0. The number of carbonyl (C=O) groups is 1. The molecule has 0 atom stereocenters. The number of aryl methyl sites for hydroxylation is 1. The number of nitrogens with one attached hydrogen (secondary N) is 1. The van der Waals surface area contributed by atoms with E-state index in [1.807, 2.05) is 11.9 Å². The van der Waals surface area contributed by atoms with Crippen LogP contribution in [0.25, 0.3) is 0 Å². The van der Waals surface area contributed by atoms with E-state index < -0.39 is 10.0 Å². The van der Waals surface area contributed by atoms with E-state index >= 15 is 0 Å². The lowest BCUT2D eigenvalue weighted by Gasteiger charge is -2.21. The van der Waals surface area contributed by atoms with Crippen molar-refractivity contribution in [3.05, 3.63) is 53.6 Å². The highest BCUT2D eigenvalue weighted by molar-refractivity contribution is 7.89. The summed E-state index contributed by atoms with van der Waals surface area (Å²) in [6.07, 6.45) is 4.82. The normalized spacial score (nSPS) is 15.3. The van der Waals surface area contributed by atoms with E-state index in [0.717, 1.165) is 37.7 Å². The van der Waals surface area contributed by atoms with Crippen molar-refractivity contribution in [2.24, 2.45) is 0 Å². The van der Waals surface area contributed by atoms with E-state index in [-0.39, 0.29) is 17.3 Å². The molecule has 33 heavy (non-hydrogen) atoms. The molecule has 0 saturated carbocycles. The number of anilines is 1. The molecule has 1 saturated heterocycles. The molecule has 1 aliphatic heterocycles. The van der Waals surface area contributed by atoms with Crippen molar-refractivity contribution in [3.63, 3.8) is 0 Å². The molecule has 7 nitrogen and oxygen atoms in total. The van der Waals surface area contributed by atoms with Crippen molar-refractivity contribution < 1.29 is 17.9 Å². The topological polar surface area (TPSA) is 79.0 Å². The minimum Gasteiger partial charge on any atom is -0.495 e. The largest absolute Gasteiger partial charge is 0.495 e. The van der Waals surface area contributed by atoms with Gasteiger partial charge in [0.2, 0.25) is 15.9 Å². The molecule has 180 valence electrons. The van der Waals surface area contributed by atoms with Gasteiger partial charge in [0.25, 0.3) is 0 Å². The van der Waals surface area contributed by atoms with Crippen molar-refractivity contribution >= 4 is 21.6 Å². The molecule has 0 radical (unpaired) electrons. The van der Waals surface area contributed by atoms with Crippen molar-refractivity contribution in [1.82, 2.24) is 9.21 Å². The van der Waals surface area contributed by atoms with Crippen LogP contribution in [-0.4, -0.2) is 57.3 Å². The lowest BCUT2D eigenvalue weighted by molar-refractivity contribution is -0.117. The van der Waals surface area contributed by atoms with Gasteiger partial charge in [-0.05, 0) is 55.6 Å². The first kappa shape index (κ1) is 25.2. The molecule has 0 aromatic heterocycles. The summed E-state index contributed by atoms with van der Waals surface area (Å²) >= 11 is 0. The molecule has 0 spiro atoms. The first-order valence-electron chi connectivity index (χ1n) is 11.6. The van der Waals surface area contributed by atoms with Gasteiger partial charge in [0.05, 0.1) is 24.2 Å². The number of benzene rings is 2. The highest BCUT2D eigenvalue weighted by Crippen LogP contribution is 2.30. The van der Waals surface area contributed by atoms with Crippen molar-refractivity contribution in [1.29, 1.82) is 0 Å². The number of sulfonamides is 1. The SMILES string of the molecule is CCc1ccc(CN(C)CC(=O)Nc2cc(S(=O)(=O)N3CCCCCC3)ccc2OC)cc1. The van der Waals surface area contributed by atoms with Crippen LogP contribution in [0.2, 0.25) is 0 Å². The smallest absolute Gasteiger partial charge is 0.243 e. The summed E-state index contributed by atoms with van der Waals surface area (Å²) in [5, 5.41) is 2.84. The number of hydrogen-bond acceptors (Lipinski definition) is 5. The van der Waals surface area contributed by atoms with Gasteiger partial charge in [-0.25, -0.2) is 8.42 Å². The zero-order valence-corrected chi connectivity index (χ0v) is 20.7. The third-order valence-corrected chi connectivity index (χ3v) is 7.84. The fourth-order valence-corrected chi connectivity index (χ4v) is 5.60. The summed E-state index contributed by atoms with van der Waals surface area (Å²) in [7, 11) is -0.242. The maximum atomic E-state index is 13.2. The number of ether oxygens (including phenoxy) is 1. The zero-order valence-electron chi connectivity index (χ0n) is 19.8. The third-order valence-electron chi connectivity index (χ3n) is 5.95. The Bertz CT molecular complexity index is 1030. The average Bonchev–Trinajstić information content (AvgIpc) is 3.09. The van der Waals surface area contributed by atoms with Gasteiger partial charge in [0.15, 0.2) is 0 Å². The van der Waals surface area contributed by atoms with E-state index in [4.69, 9.17) is 4.74 Å². The Kier molecular flexibility index (Phi) is 8.88. The molecule has 1 heterocycles. The van der Waals surface area contributed by atoms with Crippen LogP contribution in [-0.2, 0) is 27.8 Å². The molecule has 0 aliphatic carbocycles. The van der Waals surface area contributed by atoms with Crippen LogP contribution in [0.15, 0.2) is 47.4 Å². The molecule has 3 rings (SSSR count). The van der Waals surface area contributed by atoms with Crippen LogP contribution in [0.5, 0.6) is 5.75 Å². The van der Waals surface area contributed by atoms with Gasteiger partial charge >= 0.3 is 0 Å². The second kappa shape index (κ2) is 11.6. The summed E-state index contributed by atoms with van der Waals surface area (Å²) in [6.45, 7) is 3.98. The van der Waals surface area contributed by atoms with Gasteiger partial charge in [-0.1, -0.05) is 44.0 Å². The van der Waals surface area contributed by atoms with Crippen LogP contribution < -0.4 is 10.1 Å². The van der Waals surface area contributed by atoms with E-state index in [2.05, 4.69) is 36.5 Å². The second-order valence-electron chi connectivity index (χ2n) is 8.57. The van der Waals surface area contributed by atoms with E-state index in [1.165, 1.54) is 18.7 Å². The van der Waals surface area contributed by atoms with Gasteiger partial charge in [-0.15, -0.1) is 0 Å². The molecule has 1 fully saturated rings. The Labute approximate surface area is 197 Å². The molecule has 0 bridgehead atoms. The Balaban J connectivity index is 1.69. The van der Waals surface area contributed by atoms with E-state index in [9.17, 15) is 13.2 Å². The minimum absolute atomic E-state index is 0.168. The van der Waals surface area contributed by atoms with Gasteiger partial charge < -0.3 is 10.1 Å². The first-order chi connectivity index (χ1) is 15.8. The Hall–Kier alpha value is -2.42. The van der Waals surface area contributed by atoms with Gasteiger partial charge in [0, 0.05) is 19.6 Å². The maximum absolute atomic E-state index is 13.2. The molecule has 1 N–H and O–H groups in total. The highest BCUT2D eigenvalue weighted by atomic mass is 32.2. The number of amides is 1. The number of methoxy groups -OCH3 is 1. The molecular weight excluding hydrogens is 438 g/mol. The molecule has 2 aromatic carbocycles. The van der Waals surface area contributed by atoms with E-state index in [1.54, 1.807) is 16.4 Å². The fourth-order valence-electron chi connectivity index (χ4n) is 4.06. The van der Waals surface area contributed by atoms with Crippen LogP contribution in [0.4, 0.5) is 5.69 Å². The van der Waals surface area contributed by atoms with Crippen molar-refractivity contribution in [2.45, 2.75) is 50.5 Å². The summed E-state index contributed by atoms with van der Waals surface area (Å²) in [5.41, 5.74) is 2.77. The van der Waals surface area contributed by atoms with Crippen LogP contribution in [0.3, 0.4) is 0 Å². The zero-order chi connectivity index (χ0) is 23.8. The quantitative estimate of drug-likeness (QED) is 0.598. The first-order valence-corrected chi connectivity index (χ1v) is 13.0. The Morgan fingerprint density at radius 1 is 1.03 bits per heavy atom. The molecule has 2 aromatic rings. The van der Waals surface area contributed by atoms with Crippen LogP contribution in [0, 0.1) is 0 Å². The predicted molar refractivity (Wildman–Crippen MR) is 131 cm³/mol. The monoisotopic (exact) mass is 473 g/mol. The summed E-state index contributed by atoms with van der Waals surface area (Å²) in [5.74, 6) is 0.196. The number of hydrogen-bond donors (Lipinski definition) is 1. The summed E-state index contributed by atoms with van der Waals surface area (Å²) < 4.78 is 33.2. The van der Waals surface area contributed by atoms with Crippen molar-refractivity contribution in [2.75, 3.05) is 39.1 Å². The maximum Gasteiger partial charge on any atom is 0.243 e.